The molecule has 2 aromatic carbocycles. The molecule has 1 saturated heterocycles. The number of hydrogen-bond donors (Lipinski definition) is 0. The Labute approximate surface area is 163 Å². The molecule has 9 heteroatoms. The van der Waals surface area contributed by atoms with Crippen molar-refractivity contribution in [2.45, 2.75) is 10.9 Å². The molecule has 3 rings (SSSR count). The zero-order chi connectivity index (χ0) is 19.6. The van der Waals surface area contributed by atoms with Crippen molar-refractivity contribution in [1.29, 1.82) is 0 Å². The van der Waals surface area contributed by atoms with E-state index in [2.05, 4.69) is 9.47 Å². The first-order valence-corrected chi connectivity index (χ1v) is 9.19. The van der Waals surface area contributed by atoms with Crippen LogP contribution in [0.25, 0.3) is 0 Å². The summed E-state index contributed by atoms with van der Waals surface area (Å²) in [6.07, 6.45) is 0. The van der Waals surface area contributed by atoms with Crippen LogP contribution in [0.1, 0.15) is 21.3 Å². The molecule has 27 heavy (non-hydrogen) atoms. The van der Waals surface area contributed by atoms with Crippen molar-refractivity contribution in [3.05, 3.63) is 59.7 Å². The van der Waals surface area contributed by atoms with Gasteiger partial charge in [0.2, 0.25) is 5.91 Å². The van der Waals surface area contributed by atoms with Crippen LogP contribution in [0.4, 0.5) is 14.5 Å². The maximum Gasteiger partial charge on any atom is 0.487 e. The third kappa shape index (κ3) is 4.51. The molecular formula is C18H14ClF2NO4S. The Kier molecular flexibility index (Phi) is 5.57. The molecule has 1 atom stereocenters. The third-order valence-corrected chi connectivity index (χ3v) is 5.12. The van der Waals surface area contributed by atoms with Gasteiger partial charge in [-0.2, -0.15) is 0 Å². The van der Waals surface area contributed by atoms with Crippen LogP contribution in [0.2, 0.25) is 0 Å². The van der Waals surface area contributed by atoms with Crippen molar-refractivity contribution < 1.29 is 27.8 Å². The number of carbonyl (C=O) groups excluding carboxylic acids is 2. The van der Waals surface area contributed by atoms with Gasteiger partial charge in [-0.15, -0.1) is 20.5 Å². The molecule has 0 saturated carbocycles. The van der Waals surface area contributed by atoms with Crippen molar-refractivity contribution in [2.24, 2.45) is 0 Å². The first kappa shape index (κ1) is 19.4. The Bertz CT molecular complexity index is 840. The van der Waals surface area contributed by atoms with Crippen LogP contribution in [-0.4, -0.2) is 30.3 Å². The highest BCUT2D eigenvalue weighted by atomic mass is 35.5. The molecule has 0 aromatic heterocycles. The average molecular weight is 414 g/mol. The van der Waals surface area contributed by atoms with Gasteiger partial charge in [0.1, 0.15) is 11.1 Å². The molecule has 1 fully saturated rings. The second-order valence-electron chi connectivity index (χ2n) is 5.58. The first-order valence-electron chi connectivity index (χ1n) is 7.76. The standard InChI is InChI=1S/C18H14ClF2NO4S/c1-25-17(24)12-4-2-11(3-5-12)16-22(15(23)10-27-16)13-6-8-14(9-7-13)26-18(19,20)21/h2-9,16H,10H2,1H3. The summed E-state index contributed by atoms with van der Waals surface area (Å²) in [5, 5.41) is -0.301. The summed E-state index contributed by atoms with van der Waals surface area (Å²) in [6.45, 7) is 0. The Balaban J connectivity index is 1.83. The number of halogens is 3. The molecule has 5 nitrogen and oxygen atoms in total. The van der Waals surface area contributed by atoms with Gasteiger partial charge in [-0.05, 0) is 42.0 Å². The minimum atomic E-state index is -3.80. The summed E-state index contributed by atoms with van der Waals surface area (Å²) >= 11 is 6.18. The summed E-state index contributed by atoms with van der Waals surface area (Å²) in [7, 11) is 1.30. The van der Waals surface area contributed by atoms with Gasteiger partial charge < -0.3 is 9.47 Å². The third-order valence-electron chi connectivity index (χ3n) is 3.83. The summed E-state index contributed by atoms with van der Waals surface area (Å²) < 4.78 is 34.4. The molecule has 0 aliphatic carbocycles. The minimum Gasteiger partial charge on any atom is -0.465 e. The quantitative estimate of drug-likeness (QED) is 0.536. The van der Waals surface area contributed by atoms with Crippen LogP contribution in [-0.2, 0) is 9.53 Å². The maximum absolute atomic E-state index is 12.7. The van der Waals surface area contributed by atoms with Gasteiger partial charge in [-0.25, -0.2) is 4.79 Å². The van der Waals surface area contributed by atoms with E-state index >= 15 is 0 Å². The average Bonchev–Trinajstić information content (AvgIpc) is 3.02. The van der Waals surface area contributed by atoms with Crippen molar-refractivity contribution in [1.82, 2.24) is 0 Å². The first-order chi connectivity index (χ1) is 12.8. The molecule has 2 aromatic rings. The Morgan fingerprint density at radius 3 is 2.37 bits per heavy atom. The highest BCUT2D eigenvalue weighted by Gasteiger charge is 2.34. The summed E-state index contributed by atoms with van der Waals surface area (Å²) in [4.78, 5) is 25.5. The van der Waals surface area contributed by atoms with E-state index in [1.54, 1.807) is 29.2 Å². The van der Waals surface area contributed by atoms with Crippen LogP contribution >= 0.6 is 23.4 Å². The Morgan fingerprint density at radius 2 is 1.81 bits per heavy atom. The molecule has 1 unspecified atom stereocenters. The fourth-order valence-corrected chi connectivity index (χ4v) is 3.93. The van der Waals surface area contributed by atoms with E-state index in [1.807, 2.05) is 0 Å². The minimum absolute atomic E-state index is 0.113. The fraction of sp³-hybridized carbons (Fsp3) is 0.222. The van der Waals surface area contributed by atoms with Crippen molar-refractivity contribution in [2.75, 3.05) is 17.8 Å². The van der Waals surface area contributed by atoms with Gasteiger partial charge in [0.15, 0.2) is 0 Å². The number of hydrogen-bond acceptors (Lipinski definition) is 5. The van der Waals surface area contributed by atoms with Crippen molar-refractivity contribution in [3.8, 4) is 5.75 Å². The van der Waals surface area contributed by atoms with E-state index in [0.29, 0.717) is 11.3 Å². The number of rotatable bonds is 5. The van der Waals surface area contributed by atoms with Crippen LogP contribution in [0, 0.1) is 0 Å². The van der Waals surface area contributed by atoms with E-state index in [0.717, 1.165) is 5.56 Å². The lowest BCUT2D eigenvalue weighted by molar-refractivity contribution is -0.115. The predicted octanol–water partition coefficient (Wildman–Crippen LogP) is 4.42. The molecule has 1 heterocycles. The van der Waals surface area contributed by atoms with Gasteiger partial charge in [-0.3, -0.25) is 9.69 Å². The van der Waals surface area contributed by atoms with E-state index in [1.165, 1.54) is 43.1 Å². The van der Waals surface area contributed by atoms with Gasteiger partial charge >= 0.3 is 11.5 Å². The van der Waals surface area contributed by atoms with Crippen molar-refractivity contribution >= 4 is 40.9 Å². The van der Waals surface area contributed by atoms with Gasteiger partial charge in [-0.1, -0.05) is 12.1 Å². The van der Waals surface area contributed by atoms with Crippen LogP contribution < -0.4 is 9.64 Å². The van der Waals surface area contributed by atoms with Gasteiger partial charge in [0.05, 0.1) is 18.4 Å². The van der Waals surface area contributed by atoms with Gasteiger partial charge in [0.25, 0.3) is 0 Å². The molecule has 0 N–H and O–H groups in total. The van der Waals surface area contributed by atoms with E-state index in [4.69, 9.17) is 11.6 Å². The van der Waals surface area contributed by atoms with E-state index < -0.39 is 11.5 Å². The molecular weight excluding hydrogens is 400 g/mol. The molecule has 1 aliphatic heterocycles. The summed E-state index contributed by atoms with van der Waals surface area (Å²) in [5.41, 5.74) is -2.03. The highest BCUT2D eigenvalue weighted by Crippen LogP contribution is 2.42. The molecule has 142 valence electrons. The fourth-order valence-electron chi connectivity index (χ4n) is 2.66. The lowest BCUT2D eigenvalue weighted by atomic mass is 10.1. The molecule has 1 aliphatic rings. The summed E-state index contributed by atoms with van der Waals surface area (Å²) in [5.74, 6) is -0.392. The monoisotopic (exact) mass is 413 g/mol. The Hall–Kier alpha value is -2.32. The number of anilines is 1. The number of methoxy groups -OCH3 is 1. The number of benzene rings is 2. The largest absolute Gasteiger partial charge is 0.487 e. The maximum atomic E-state index is 12.7. The number of carbonyl (C=O) groups is 2. The zero-order valence-electron chi connectivity index (χ0n) is 14.0. The topological polar surface area (TPSA) is 55.8 Å². The van der Waals surface area contributed by atoms with Crippen LogP contribution in [0.3, 0.4) is 0 Å². The second-order valence-corrected chi connectivity index (χ2v) is 7.09. The van der Waals surface area contributed by atoms with E-state index in [-0.39, 0.29) is 22.8 Å². The van der Waals surface area contributed by atoms with Gasteiger partial charge in [0, 0.05) is 17.3 Å². The number of nitrogens with zero attached hydrogens (tertiary/aromatic N) is 1. The number of ether oxygens (including phenoxy) is 2. The number of amides is 1. The SMILES string of the molecule is COC(=O)c1ccc(C2SCC(=O)N2c2ccc(OC(F)(F)Cl)cc2)cc1. The number of alkyl halides is 3. The second kappa shape index (κ2) is 7.74. The van der Waals surface area contributed by atoms with Crippen LogP contribution in [0.15, 0.2) is 48.5 Å². The van der Waals surface area contributed by atoms with Crippen molar-refractivity contribution in [3.63, 3.8) is 0 Å². The predicted molar refractivity (Wildman–Crippen MR) is 98.3 cm³/mol. The highest BCUT2D eigenvalue weighted by molar-refractivity contribution is 8.00. The Morgan fingerprint density at radius 1 is 1.19 bits per heavy atom. The summed E-state index contributed by atoms with van der Waals surface area (Å²) in [6, 6.07) is 12.4. The number of esters is 1. The lowest BCUT2D eigenvalue weighted by Gasteiger charge is -2.24. The lowest BCUT2D eigenvalue weighted by Crippen LogP contribution is -2.27. The molecule has 0 radical (unpaired) electrons. The van der Waals surface area contributed by atoms with Crippen LogP contribution in [0.5, 0.6) is 5.75 Å². The smallest absolute Gasteiger partial charge is 0.465 e. The number of thioether (sulfide) groups is 1. The normalized spacial score (nSPS) is 17.1. The molecule has 0 spiro atoms. The van der Waals surface area contributed by atoms with E-state index in [9.17, 15) is 18.4 Å². The molecule has 1 amide bonds. The molecule has 0 bridgehead atoms. The zero-order valence-corrected chi connectivity index (χ0v) is 15.6.